The van der Waals surface area contributed by atoms with Gasteiger partial charge in [-0.25, -0.2) is 17.5 Å². The summed E-state index contributed by atoms with van der Waals surface area (Å²) in [5.41, 5.74) is 0.884. The zero-order valence-corrected chi connectivity index (χ0v) is 15.5. The third kappa shape index (κ3) is 5.37. The second-order valence-electron chi connectivity index (χ2n) is 5.88. The van der Waals surface area contributed by atoms with E-state index < -0.39 is 15.9 Å². The highest BCUT2D eigenvalue weighted by molar-refractivity contribution is 7.89. The monoisotopic (exact) mass is 383 g/mol. The van der Waals surface area contributed by atoms with Crippen molar-refractivity contribution in [2.45, 2.75) is 38.0 Å². The molecule has 0 atom stereocenters. The fraction of sp³-hybridized carbons (Fsp3) is 0.412. The predicted molar refractivity (Wildman–Crippen MR) is 93.5 cm³/mol. The highest BCUT2D eigenvalue weighted by Crippen LogP contribution is 2.18. The molecule has 0 radical (unpaired) electrons. The number of rotatable bonds is 9. The summed E-state index contributed by atoms with van der Waals surface area (Å²) in [6, 6.07) is 6.58. The maximum Gasteiger partial charge on any atom is 0.246 e. The van der Waals surface area contributed by atoms with Crippen molar-refractivity contribution in [3.63, 3.8) is 0 Å². The van der Waals surface area contributed by atoms with Crippen LogP contribution in [0.2, 0.25) is 0 Å². The van der Waals surface area contributed by atoms with Crippen LogP contribution < -0.4 is 10.0 Å². The molecular weight excluding hydrogens is 361 g/mol. The van der Waals surface area contributed by atoms with E-state index in [4.69, 9.17) is 4.52 Å². The van der Waals surface area contributed by atoms with Gasteiger partial charge in [0, 0.05) is 6.54 Å². The number of amides is 1. The maximum absolute atomic E-state index is 13.5. The Hall–Kier alpha value is -2.26. The fourth-order valence-electron chi connectivity index (χ4n) is 2.52. The lowest BCUT2D eigenvalue weighted by molar-refractivity contribution is -0.119. The van der Waals surface area contributed by atoms with Crippen LogP contribution in [0.4, 0.5) is 4.39 Å². The first kappa shape index (κ1) is 20.1. The molecule has 9 heteroatoms. The molecule has 0 fully saturated rings. The molecule has 2 N–H and O–H groups in total. The molecule has 1 amide bonds. The lowest BCUT2D eigenvalue weighted by Crippen LogP contribution is -2.37. The second-order valence-corrected chi connectivity index (χ2v) is 7.58. The molecule has 26 heavy (non-hydrogen) atoms. The topological polar surface area (TPSA) is 101 Å². The Kier molecular flexibility index (Phi) is 6.87. The van der Waals surface area contributed by atoms with E-state index in [1.54, 1.807) is 18.2 Å². The van der Waals surface area contributed by atoms with Gasteiger partial charge in [0.15, 0.2) is 5.76 Å². The Morgan fingerprint density at radius 2 is 1.96 bits per heavy atom. The minimum Gasteiger partial charge on any atom is -0.360 e. The zero-order valence-electron chi connectivity index (χ0n) is 14.7. The van der Waals surface area contributed by atoms with E-state index in [1.807, 2.05) is 0 Å². The molecule has 1 aromatic heterocycles. The molecule has 0 aliphatic heterocycles. The summed E-state index contributed by atoms with van der Waals surface area (Å²) in [6.07, 6.45) is 1.96. The van der Waals surface area contributed by atoms with Gasteiger partial charge in [-0.1, -0.05) is 23.4 Å². The van der Waals surface area contributed by atoms with Gasteiger partial charge in [0.05, 0.1) is 6.54 Å². The molecular formula is C17H22FN3O4S. The van der Waals surface area contributed by atoms with Gasteiger partial charge >= 0.3 is 0 Å². The highest BCUT2D eigenvalue weighted by Gasteiger charge is 2.24. The highest BCUT2D eigenvalue weighted by atomic mass is 32.2. The van der Waals surface area contributed by atoms with E-state index in [0.717, 1.165) is 0 Å². The number of carbonyl (C=O) groups is 1. The maximum atomic E-state index is 13.5. The quantitative estimate of drug-likeness (QED) is 0.644. The third-order valence-corrected chi connectivity index (χ3v) is 5.46. The van der Waals surface area contributed by atoms with Gasteiger partial charge in [0.1, 0.15) is 16.4 Å². The third-order valence-electron chi connectivity index (χ3n) is 3.81. The van der Waals surface area contributed by atoms with Crippen molar-refractivity contribution in [3.05, 3.63) is 47.1 Å². The van der Waals surface area contributed by atoms with Crippen molar-refractivity contribution >= 4 is 15.9 Å². The van der Waals surface area contributed by atoms with Crippen molar-refractivity contribution in [3.8, 4) is 0 Å². The van der Waals surface area contributed by atoms with Gasteiger partial charge in [-0.05, 0) is 44.7 Å². The van der Waals surface area contributed by atoms with Gasteiger partial charge in [-0.3, -0.25) is 4.79 Å². The van der Waals surface area contributed by atoms with Crippen molar-refractivity contribution in [1.82, 2.24) is 15.2 Å². The molecule has 0 aliphatic carbocycles. The SMILES string of the molecule is Cc1noc(C)c1S(=O)(=O)NCC(=O)NCCCCc1ccccc1F. The van der Waals surface area contributed by atoms with Crippen LogP contribution in [0.25, 0.3) is 0 Å². The van der Waals surface area contributed by atoms with Crippen molar-refractivity contribution in [1.29, 1.82) is 0 Å². The van der Waals surface area contributed by atoms with Crippen LogP contribution in [-0.4, -0.2) is 32.6 Å². The second kappa shape index (κ2) is 8.91. The fourth-order valence-corrected chi connectivity index (χ4v) is 3.83. The lowest BCUT2D eigenvalue weighted by atomic mass is 10.1. The Bertz CT molecular complexity index is 845. The number of unbranched alkanes of at least 4 members (excludes halogenated alkanes) is 1. The van der Waals surface area contributed by atoms with Crippen LogP contribution in [0.3, 0.4) is 0 Å². The number of benzene rings is 1. The Morgan fingerprint density at radius 3 is 2.62 bits per heavy atom. The molecule has 0 saturated carbocycles. The summed E-state index contributed by atoms with van der Waals surface area (Å²) < 4.78 is 44.9. The number of nitrogens with zero attached hydrogens (tertiary/aromatic N) is 1. The molecule has 1 aromatic carbocycles. The van der Waals surface area contributed by atoms with Crippen LogP contribution in [0, 0.1) is 19.7 Å². The molecule has 1 heterocycles. The van der Waals surface area contributed by atoms with Crippen LogP contribution >= 0.6 is 0 Å². The zero-order chi connectivity index (χ0) is 19.2. The molecule has 0 bridgehead atoms. The van der Waals surface area contributed by atoms with E-state index in [2.05, 4.69) is 15.2 Å². The lowest BCUT2D eigenvalue weighted by Gasteiger charge is -2.08. The van der Waals surface area contributed by atoms with Gasteiger partial charge in [0.2, 0.25) is 15.9 Å². The van der Waals surface area contributed by atoms with Crippen LogP contribution in [-0.2, 0) is 21.2 Å². The normalized spacial score (nSPS) is 11.5. The average Bonchev–Trinajstić information content (AvgIpc) is 2.94. The predicted octanol–water partition coefficient (Wildman–Crippen LogP) is 1.85. The number of aryl methyl sites for hydroxylation is 3. The Morgan fingerprint density at radius 1 is 1.23 bits per heavy atom. The molecule has 0 spiro atoms. The number of carbonyl (C=O) groups excluding carboxylic acids is 1. The van der Waals surface area contributed by atoms with Crippen molar-refractivity contribution < 1.29 is 22.1 Å². The summed E-state index contributed by atoms with van der Waals surface area (Å²) in [7, 11) is -3.86. The minimum atomic E-state index is -3.86. The molecule has 7 nitrogen and oxygen atoms in total. The van der Waals surface area contributed by atoms with Crippen LogP contribution in [0.5, 0.6) is 0 Å². The summed E-state index contributed by atoms with van der Waals surface area (Å²) in [4.78, 5) is 11.7. The van der Waals surface area contributed by atoms with Gasteiger partial charge in [-0.2, -0.15) is 0 Å². The molecule has 2 rings (SSSR count). The average molecular weight is 383 g/mol. The van der Waals surface area contributed by atoms with E-state index in [0.29, 0.717) is 31.4 Å². The summed E-state index contributed by atoms with van der Waals surface area (Å²) in [6.45, 7) is 3.02. The number of nitrogens with one attached hydrogen (secondary N) is 2. The Labute approximate surface area is 152 Å². The smallest absolute Gasteiger partial charge is 0.246 e. The van der Waals surface area contributed by atoms with Gasteiger partial charge in [0.25, 0.3) is 0 Å². The molecule has 142 valence electrons. The van der Waals surface area contributed by atoms with Gasteiger partial charge < -0.3 is 9.84 Å². The van der Waals surface area contributed by atoms with E-state index in [-0.39, 0.29) is 28.7 Å². The number of hydrogen-bond acceptors (Lipinski definition) is 5. The number of aromatic nitrogens is 1. The minimum absolute atomic E-state index is 0.0461. The number of sulfonamides is 1. The van der Waals surface area contributed by atoms with Gasteiger partial charge in [-0.15, -0.1) is 0 Å². The Balaban J connectivity index is 1.70. The molecule has 0 aliphatic rings. The van der Waals surface area contributed by atoms with Crippen molar-refractivity contribution in [2.75, 3.05) is 13.1 Å². The first-order valence-electron chi connectivity index (χ1n) is 8.24. The number of hydrogen-bond donors (Lipinski definition) is 2. The number of halogens is 1. The molecule has 0 saturated heterocycles. The first-order chi connectivity index (χ1) is 12.3. The largest absolute Gasteiger partial charge is 0.360 e. The van der Waals surface area contributed by atoms with E-state index in [9.17, 15) is 17.6 Å². The van der Waals surface area contributed by atoms with E-state index in [1.165, 1.54) is 19.9 Å². The standard InChI is InChI=1S/C17H22FN3O4S/c1-12-17(13(2)25-21-12)26(23,24)20-11-16(22)19-10-6-5-8-14-7-3-4-9-15(14)18/h3-4,7,9,20H,5-6,8,10-11H2,1-2H3,(H,19,22). The van der Waals surface area contributed by atoms with Crippen LogP contribution in [0.1, 0.15) is 29.9 Å². The molecule has 0 unspecified atom stereocenters. The molecule has 2 aromatic rings. The summed E-state index contributed by atoms with van der Waals surface area (Å²) in [5, 5.41) is 6.22. The van der Waals surface area contributed by atoms with Crippen molar-refractivity contribution in [2.24, 2.45) is 0 Å². The summed E-state index contributed by atoms with van der Waals surface area (Å²) >= 11 is 0. The summed E-state index contributed by atoms with van der Waals surface area (Å²) in [5.74, 6) is -0.500. The first-order valence-corrected chi connectivity index (χ1v) is 9.72. The van der Waals surface area contributed by atoms with E-state index >= 15 is 0 Å². The van der Waals surface area contributed by atoms with Crippen LogP contribution in [0.15, 0.2) is 33.7 Å².